The average molecular weight is 458 g/mol. The van der Waals surface area contributed by atoms with Crippen molar-refractivity contribution in [2.45, 2.75) is 38.5 Å². The second-order valence-corrected chi connectivity index (χ2v) is 9.05. The first-order valence-electron chi connectivity index (χ1n) is 11.3. The number of carboxylic acids is 1. The highest BCUT2D eigenvalue weighted by Gasteiger charge is 2.38. The largest absolute Gasteiger partial charge is 0.549 e. The van der Waals surface area contributed by atoms with Crippen molar-refractivity contribution in [3.05, 3.63) is 81.4 Å². The summed E-state index contributed by atoms with van der Waals surface area (Å²) < 4.78 is 11.0. The van der Waals surface area contributed by atoms with Gasteiger partial charge in [0.05, 0.1) is 24.2 Å². The number of carboxylic acid groups (broad SMARTS) is 1. The van der Waals surface area contributed by atoms with Crippen LogP contribution in [-0.2, 0) is 21.4 Å². The highest BCUT2D eigenvalue weighted by atomic mass is 16.4. The smallest absolute Gasteiger partial charge is 0.340 e. The highest BCUT2D eigenvalue weighted by molar-refractivity contribution is 5.96. The van der Waals surface area contributed by atoms with E-state index in [9.17, 15) is 19.5 Å². The number of aliphatic carboxylic acids is 1. The van der Waals surface area contributed by atoms with Crippen molar-refractivity contribution in [1.82, 2.24) is 4.90 Å². The number of rotatable bonds is 4. The van der Waals surface area contributed by atoms with Gasteiger partial charge >= 0.3 is 5.63 Å². The van der Waals surface area contributed by atoms with Gasteiger partial charge in [-0.05, 0) is 49.4 Å². The number of furan rings is 1. The molecular weight excluding hydrogens is 434 g/mol. The molecule has 2 aromatic carbocycles. The van der Waals surface area contributed by atoms with E-state index in [0.29, 0.717) is 27.9 Å². The maximum atomic E-state index is 13.1. The molecule has 2 aromatic heterocycles. The molecule has 1 aliphatic heterocycles. The first kappa shape index (κ1) is 21.9. The third-order valence-corrected chi connectivity index (χ3v) is 7.19. The predicted molar refractivity (Wildman–Crippen MR) is 124 cm³/mol. The molecule has 0 aliphatic carbocycles. The number of carbonyl (C=O) groups is 2. The summed E-state index contributed by atoms with van der Waals surface area (Å²) in [5.74, 6) is -1.35. The number of hydrogen-bond acceptors (Lipinski definition) is 6. The second-order valence-electron chi connectivity index (χ2n) is 9.05. The van der Waals surface area contributed by atoms with E-state index in [-0.39, 0.29) is 38.3 Å². The van der Waals surface area contributed by atoms with Crippen LogP contribution in [0.5, 0.6) is 0 Å². The SMILES string of the molecule is Cc1coc2cc3oc(=O)c(CC(=O)N4CCC(C(=O)[O-])(c5ccccc5)CC4)c(C)c3cc12. The number of benzene rings is 2. The third kappa shape index (κ3) is 3.48. The standard InChI is InChI=1S/C27H25NO6/c1-16-15-33-22-14-23-20(12-19(16)22)17(2)21(25(30)34-23)13-24(29)28-10-8-27(9-11-28,26(31)32)18-6-4-3-5-7-18/h3-7,12,14-15H,8-11,13H2,1-2H3,(H,31,32)/p-1. The molecule has 0 radical (unpaired) electrons. The number of likely N-dealkylation sites (tertiary alicyclic amines) is 1. The Labute approximate surface area is 195 Å². The number of nitrogens with zero attached hydrogens (tertiary/aromatic N) is 1. The van der Waals surface area contributed by atoms with Crippen molar-refractivity contribution < 1.29 is 23.5 Å². The van der Waals surface area contributed by atoms with Crippen molar-refractivity contribution >= 4 is 33.8 Å². The minimum Gasteiger partial charge on any atom is -0.549 e. The van der Waals surface area contributed by atoms with Crippen LogP contribution in [-0.4, -0.2) is 29.9 Å². The molecule has 4 aromatic rings. The number of piperidine rings is 1. The quantitative estimate of drug-likeness (QED) is 0.436. The first-order chi connectivity index (χ1) is 16.3. The zero-order valence-corrected chi connectivity index (χ0v) is 19.1. The van der Waals surface area contributed by atoms with Gasteiger partial charge in [-0.25, -0.2) is 4.79 Å². The molecule has 0 atom stereocenters. The van der Waals surface area contributed by atoms with Crippen molar-refractivity contribution in [3.8, 4) is 0 Å². The van der Waals surface area contributed by atoms with E-state index in [1.165, 1.54) is 0 Å². The third-order valence-electron chi connectivity index (χ3n) is 7.19. The van der Waals surface area contributed by atoms with E-state index in [1.807, 2.05) is 26.0 Å². The number of fused-ring (bicyclic) bond motifs is 2. The molecule has 174 valence electrons. The lowest BCUT2D eigenvalue weighted by Crippen LogP contribution is -2.54. The molecule has 5 rings (SSSR count). The average Bonchev–Trinajstić information content (AvgIpc) is 3.20. The van der Waals surface area contributed by atoms with Gasteiger partial charge in [0, 0.05) is 35.3 Å². The van der Waals surface area contributed by atoms with Crippen LogP contribution in [0.2, 0.25) is 0 Å². The van der Waals surface area contributed by atoms with E-state index in [2.05, 4.69) is 0 Å². The Bertz CT molecular complexity index is 1470. The maximum Gasteiger partial charge on any atom is 0.340 e. The summed E-state index contributed by atoms with van der Waals surface area (Å²) >= 11 is 0. The van der Waals surface area contributed by atoms with Crippen LogP contribution >= 0.6 is 0 Å². The van der Waals surface area contributed by atoms with Crippen LogP contribution in [0, 0.1) is 13.8 Å². The molecule has 0 spiro atoms. The Balaban J connectivity index is 1.40. The Hall–Kier alpha value is -3.87. The summed E-state index contributed by atoms with van der Waals surface area (Å²) in [6.45, 7) is 4.30. The molecule has 1 amide bonds. The molecule has 1 saturated heterocycles. The molecule has 0 bridgehead atoms. The van der Waals surface area contributed by atoms with Gasteiger partial charge in [0.25, 0.3) is 0 Å². The van der Waals surface area contributed by atoms with Crippen molar-refractivity contribution in [1.29, 1.82) is 0 Å². The molecule has 0 saturated carbocycles. The lowest BCUT2D eigenvalue weighted by Gasteiger charge is -2.43. The van der Waals surface area contributed by atoms with Gasteiger partial charge in [-0.2, -0.15) is 0 Å². The Morgan fingerprint density at radius 2 is 1.74 bits per heavy atom. The van der Waals surface area contributed by atoms with E-state index in [4.69, 9.17) is 8.83 Å². The summed E-state index contributed by atoms with van der Waals surface area (Å²) in [6, 6.07) is 12.6. The van der Waals surface area contributed by atoms with Gasteiger partial charge in [-0.1, -0.05) is 30.3 Å². The summed E-state index contributed by atoms with van der Waals surface area (Å²) in [4.78, 5) is 39.6. The van der Waals surface area contributed by atoms with Gasteiger partial charge in [-0.3, -0.25) is 4.79 Å². The van der Waals surface area contributed by atoms with Crippen molar-refractivity contribution in [2.75, 3.05) is 13.1 Å². The molecule has 1 aliphatic rings. The van der Waals surface area contributed by atoms with Gasteiger partial charge in [0.1, 0.15) is 11.2 Å². The zero-order valence-electron chi connectivity index (χ0n) is 19.1. The van der Waals surface area contributed by atoms with Crippen LogP contribution in [0.15, 0.2) is 62.4 Å². The zero-order chi connectivity index (χ0) is 24.0. The highest BCUT2D eigenvalue weighted by Crippen LogP contribution is 2.35. The van der Waals surface area contributed by atoms with Gasteiger partial charge in [-0.15, -0.1) is 0 Å². The van der Waals surface area contributed by atoms with Crippen LogP contribution < -0.4 is 10.7 Å². The second kappa shape index (κ2) is 8.17. The molecule has 34 heavy (non-hydrogen) atoms. The fourth-order valence-electron chi connectivity index (χ4n) is 5.01. The molecule has 3 heterocycles. The topological polar surface area (TPSA) is 104 Å². The lowest BCUT2D eigenvalue weighted by atomic mass is 9.73. The summed E-state index contributed by atoms with van der Waals surface area (Å²) in [5.41, 5.74) is 2.07. The molecule has 0 unspecified atom stereocenters. The van der Waals surface area contributed by atoms with E-state index < -0.39 is 17.0 Å². The molecule has 7 nitrogen and oxygen atoms in total. The Morgan fingerprint density at radius 3 is 2.41 bits per heavy atom. The van der Waals surface area contributed by atoms with Crippen LogP contribution in [0.4, 0.5) is 0 Å². The lowest BCUT2D eigenvalue weighted by molar-refractivity contribution is -0.315. The van der Waals surface area contributed by atoms with E-state index in [0.717, 1.165) is 16.3 Å². The number of aryl methyl sites for hydroxylation is 2. The first-order valence-corrected chi connectivity index (χ1v) is 11.3. The predicted octanol–water partition coefficient (Wildman–Crippen LogP) is 3.01. The van der Waals surface area contributed by atoms with Crippen LogP contribution in [0.25, 0.3) is 21.9 Å². The van der Waals surface area contributed by atoms with Crippen molar-refractivity contribution in [3.63, 3.8) is 0 Å². The van der Waals surface area contributed by atoms with Crippen molar-refractivity contribution in [2.24, 2.45) is 0 Å². The van der Waals surface area contributed by atoms with Gasteiger partial charge < -0.3 is 23.6 Å². The minimum atomic E-state index is -1.13. The fourth-order valence-corrected chi connectivity index (χ4v) is 5.01. The summed E-state index contributed by atoms with van der Waals surface area (Å²) in [5, 5.41) is 13.8. The Kier molecular flexibility index (Phi) is 5.27. The molecule has 7 heteroatoms. The van der Waals surface area contributed by atoms with Gasteiger partial charge in [0.15, 0.2) is 0 Å². The monoisotopic (exact) mass is 458 g/mol. The van der Waals surface area contributed by atoms with Crippen LogP contribution in [0.1, 0.15) is 35.1 Å². The molecular formula is C27H24NO6-. The molecule has 1 fully saturated rings. The number of carbonyl (C=O) groups excluding carboxylic acids is 2. The van der Waals surface area contributed by atoms with Gasteiger partial charge in [0.2, 0.25) is 5.91 Å². The minimum absolute atomic E-state index is 0.101. The van der Waals surface area contributed by atoms with Crippen LogP contribution in [0.3, 0.4) is 0 Å². The summed E-state index contributed by atoms with van der Waals surface area (Å²) in [7, 11) is 0. The maximum absolute atomic E-state index is 13.1. The van der Waals surface area contributed by atoms with E-state index in [1.54, 1.807) is 41.5 Å². The fraction of sp³-hybridized carbons (Fsp3) is 0.296. The van der Waals surface area contributed by atoms with E-state index >= 15 is 0 Å². The number of amides is 1. The molecule has 0 N–H and O–H groups in total. The normalized spacial score (nSPS) is 15.6. The Morgan fingerprint density at radius 1 is 1.03 bits per heavy atom. The number of hydrogen-bond donors (Lipinski definition) is 0. The summed E-state index contributed by atoms with van der Waals surface area (Å²) in [6.07, 6.45) is 2.07.